The van der Waals surface area contributed by atoms with Gasteiger partial charge in [0.05, 0.1) is 11.6 Å². The molecule has 0 radical (unpaired) electrons. The first-order valence-electron chi connectivity index (χ1n) is 7.72. The normalized spacial score (nSPS) is 9.92. The van der Waals surface area contributed by atoms with Crippen LogP contribution in [-0.2, 0) is 27.3 Å². The second-order valence-corrected chi connectivity index (χ2v) is 5.37. The number of esters is 1. The Labute approximate surface area is 145 Å². The van der Waals surface area contributed by atoms with Gasteiger partial charge in [-0.25, -0.2) is 4.39 Å². The van der Waals surface area contributed by atoms with Crippen LogP contribution in [0.15, 0.2) is 48.5 Å². The molecule has 1 amide bonds. The average molecular weight is 340 g/mol. The van der Waals surface area contributed by atoms with Crippen LogP contribution in [0.4, 0.5) is 4.39 Å². The highest BCUT2D eigenvalue weighted by Gasteiger charge is 2.08. The van der Waals surface area contributed by atoms with E-state index < -0.39 is 11.9 Å². The molecule has 0 unspecified atom stereocenters. The largest absolute Gasteiger partial charge is 0.456 e. The molecule has 25 heavy (non-hydrogen) atoms. The third-order valence-corrected chi connectivity index (χ3v) is 3.47. The number of ether oxygens (including phenoxy) is 1. The first-order chi connectivity index (χ1) is 12.1. The van der Waals surface area contributed by atoms with Crippen LogP contribution in [0.2, 0.25) is 0 Å². The second-order valence-electron chi connectivity index (χ2n) is 5.37. The third kappa shape index (κ3) is 6.43. The number of amides is 1. The minimum atomic E-state index is -0.471. The van der Waals surface area contributed by atoms with Crippen LogP contribution in [0.25, 0.3) is 0 Å². The van der Waals surface area contributed by atoms with E-state index in [2.05, 4.69) is 5.32 Å². The van der Waals surface area contributed by atoms with Gasteiger partial charge in [0, 0.05) is 13.0 Å². The zero-order valence-corrected chi connectivity index (χ0v) is 13.5. The van der Waals surface area contributed by atoms with E-state index in [9.17, 15) is 14.0 Å². The Kier molecular flexibility index (Phi) is 6.66. The van der Waals surface area contributed by atoms with Crippen LogP contribution in [-0.4, -0.2) is 18.5 Å². The monoisotopic (exact) mass is 340 g/mol. The Morgan fingerprint density at radius 3 is 2.32 bits per heavy atom. The summed E-state index contributed by atoms with van der Waals surface area (Å²) in [6, 6.07) is 14.7. The van der Waals surface area contributed by atoms with Crippen molar-refractivity contribution in [3.63, 3.8) is 0 Å². The molecular weight excluding hydrogens is 323 g/mol. The second kappa shape index (κ2) is 9.18. The summed E-state index contributed by atoms with van der Waals surface area (Å²) in [7, 11) is 0. The Bertz CT molecular complexity index is 765. The molecular formula is C19H17FN2O3. The van der Waals surface area contributed by atoms with Crippen LogP contribution in [0, 0.1) is 17.1 Å². The first kappa shape index (κ1) is 18.1. The van der Waals surface area contributed by atoms with Crippen molar-refractivity contribution in [2.24, 2.45) is 0 Å². The number of nitrogens with one attached hydrogen (secondary N) is 1. The molecule has 0 aliphatic carbocycles. The number of nitrogens with zero attached hydrogens (tertiary/aromatic N) is 1. The number of nitriles is 1. The lowest BCUT2D eigenvalue weighted by atomic mass is 10.1. The molecule has 0 saturated heterocycles. The summed E-state index contributed by atoms with van der Waals surface area (Å²) in [6.07, 6.45) is 0.624. The zero-order chi connectivity index (χ0) is 18.1. The number of carbonyl (C=O) groups excluding carboxylic acids is 2. The molecule has 0 aliphatic rings. The van der Waals surface area contributed by atoms with Crippen molar-refractivity contribution in [2.45, 2.75) is 19.4 Å². The van der Waals surface area contributed by atoms with Gasteiger partial charge < -0.3 is 10.1 Å². The summed E-state index contributed by atoms with van der Waals surface area (Å²) in [4.78, 5) is 23.3. The van der Waals surface area contributed by atoms with E-state index in [0.29, 0.717) is 12.0 Å². The third-order valence-electron chi connectivity index (χ3n) is 3.47. The molecule has 2 aromatic carbocycles. The summed E-state index contributed by atoms with van der Waals surface area (Å²) < 4.78 is 17.7. The van der Waals surface area contributed by atoms with Crippen LogP contribution < -0.4 is 5.32 Å². The van der Waals surface area contributed by atoms with Gasteiger partial charge in [0.1, 0.15) is 5.82 Å². The SMILES string of the molecule is N#Cc1ccc(CCC(=O)OCC(=O)NCc2ccc(F)cc2)cc1. The van der Waals surface area contributed by atoms with Crippen molar-refractivity contribution in [2.75, 3.05) is 6.61 Å². The quantitative estimate of drug-likeness (QED) is 0.786. The Morgan fingerprint density at radius 2 is 1.68 bits per heavy atom. The number of hydrogen-bond acceptors (Lipinski definition) is 4. The van der Waals surface area contributed by atoms with E-state index in [-0.39, 0.29) is 25.4 Å². The fraction of sp³-hybridized carbons (Fsp3) is 0.211. The van der Waals surface area contributed by atoms with E-state index >= 15 is 0 Å². The van der Waals surface area contributed by atoms with Crippen molar-refractivity contribution in [1.82, 2.24) is 5.32 Å². The number of benzene rings is 2. The fourth-order valence-electron chi connectivity index (χ4n) is 2.06. The maximum atomic E-state index is 12.8. The van der Waals surface area contributed by atoms with E-state index in [4.69, 9.17) is 10.00 Å². The van der Waals surface area contributed by atoms with Crippen LogP contribution >= 0.6 is 0 Å². The molecule has 1 N–H and O–H groups in total. The van der Waals surface area contributed by atoms with Gasteiger partial charge in [0.2, 0.25) is 0 Å². The first-order valence-corrected chi connectivity index (χ1v) is 7.72. The summed E-state index contributed by atoms with van der Waals surface area (Å²) >= 11 is 0. The van der Waals surface area contributed by atoms with Crippen LogP contribution in [0.5, 0.6) is 0 Å². The zero-order valence-electron chi connectivity index (χ0n) is 13.5. The predicted octanol–water partition coefficient (Wildman–Crippen LogP) is 2.49. The molecule has 0 saturated carbocycles. The highest BCUT2D eigenvalue weighted by atomic mass is 19.1. The molecule has 0 aromatic heterocycles. The van der Waals surface area contributed by atoms with Gasteiger partial charge in [-0.2, -0.15) is 5.26 Å². The topological polar surface area (TPSA) is 79.2 Å². The van der Waals surface area contributed by atoms with Crippen molar-refractivity contribution in [3.8, 4) is 6.07 Å². The Balaban J connectivity index is 1.65. The van der Waals surface area contributed by atoms with Gasteiger partial charge in [-0.3, -0.25) is 9.59 Å². The molecule has 6 heteroatoms. The van der Waals surface area contributed by atoms with E-state index in [1.165, 1.54) is 12.1 Å². The van der Waals surface area contributed by atoms with Crippen molar-refractivity contribution >= 4 is 11.9 Å². The van der Waals surface area contributed by atoms with Crippen molar-refractivity contribution < 1.29 is 18.7 Å². The van der Waals surface area contributed by atoms with Crippen molar-refractivity contribution in [3.05, 3.63) is 71.0 Å². The van der Waals surface area contributed by atoms with Gasteiger partial charge in [-0.15, -0.1) is 0 Å². The summed E-state index contributed by atoms with van der Waals surface area (Å²) in [6.45, 7) is -0.116. The molecule has 0 spiro atoms. The van der Waals surface area contributed by atoms with Gasteiger partial charge in [-0.1, -0.05) is 24.3 Å². The molecule has 0 bridgehead atoms. The summed E-state index contributed by atoms with van der Waals surface area (Å²) in [5.41, 5.74) is 2.22. The number of aryl methyl sites for hydroxylation is 1. The number of halogens is 1. The number of carbonyl (C=O) groups is 2. The lowest BCUT2D eigenvalue weighted by Gasteiger charge is -2.07. The number of rotatable bonds is 7. The summed E-state index contributed by atoms with van der Waals surface area (Å²) in [5.74, 6) is -1.23. The van der Waals surface area contributed by atoms with Gasteiger partial charge in [0.15, 0.2) is 6.61 Å². The standard InChI is InChI=1S/C19H17FN2O3/c20-17-8-5-16(6-9-17)12-22-18(23)13-25-19(24)10-7-14-1-3-15(11-21)4-2-14/h1-6,8-9H,7,10,12-13H2,(H,22,23). The molecule has 0 atom stereocenters. The molecule has 0 heterocycles. The number of hydrogen-bond donors (Lipinski definition) is 1. The molecule has 2 aromatic rings. The molecule has 0 fully saturated rings. The maximum Gasteiger partial charge on any atom is 0.306 e. The maximum absolute atomic E-state index is 12.8. The van der Waals surface area contributed by atoms with Crippen LogP contribution in [0.1, 0.15) is 23.1 Å². The molecule has 0 aliphatic heterocycles. The van der Waals surface area contributed by atoms with Crippen LogP contribution in [0.3, 0.4) is 0 Å². The van der Waals surface area contributed by atoms with E-state index in [1.807, 2.05) is 6.07 Å². The lowest BCUT2D eigenvalue weighted by molar-refractivity contribution is -0.148. The Morgan fingerprint density at radius 1 is 1.04 bits per heavy atom. The predicted molar refractivity (Wildman–Crippen MR) is 88.7 cm³/mol. The van der Waals surface area contributed by atoms with Gasteiger partial charge >= 0.3 is 5.97 Å². The minimum absolute atomic E-state index is 0.150. The molecule has 128 valence electrons. The highest BCUT2D eigenvalue weighted by molar-refractivity contribution is 5.80. The van der Waals surface area contributed by atoms with Gasteiger partial charge in [0.25, 0.3) is 5.91 Å². The minimum Gasteiger partial charge on any atom is -0.456 e. The van der Waals surface area contributed by atoms with Gasteiger partial charge in [-0.05, 0) is 41.8 Å². The van der Waals surface area contributed by atoms with E-state index in [0.717, 1.165) is 11.1 Å². The fourth-order valence-corrected chi connectivity index (χ4v) is 2.06. The Hall–Kier alpha value is -3.20. The highest BCUT2D eigenvalue weighted by Crippen LogP contribution is 2.06. The lowest BCUT2D eigenvalue weighted by Crippen LogP contribution is -2.28. The van der Waals surface area contributed by atoms with E-state index in [1.54, 1.807) is 36.4 Å². The van der Waals surface area contributed by atoms with Crippen molar-refractivity contribution in [1.29, 1.82) is 5.26 Å². The summed E-state index contributed by atoms with van der Waals surface area (Å²) in [5, 5.41) is 11.3. The molecule has 2 rings (SSSR count). The average Bonchev–Trinajstić information content (AvgIpc) is 2.64. The smallest absolute Gasteiger partial charge is 0.306 e. The molecule has 5 nitrogen and oxygen atoms in total.